The highest BCUT2D eigenvalue weighted by atomic mass is 35.5. The summed E-state index contributed by atoms with van der Waals surface area (Å²) in [6.07, 6.45) is 3.65. The molecule has 3 nitrogen and oxygen atoms in total. The largest absolute Gasteiger partial charge is 0.399 e. The van der Waals surface area contributed by atoms with Crippen molar-refractivity contribution < 1.29 is 0 Å². The van der Waals surface area contributed by atoms with E-state index >= 15 is 0 Å². The molecule has 0 atom stereocenters. The standard InChI is InChI=1S/C10H10ClN3/c11-4-1-5-14-10-6-9(12)3-2-8(10)7-13-14/h1-4,6-7H,5,12H2/b4-1+. The predicted molar refractivity (Wildman–Crippen MR) is 59.1 cm³/mol. The second kappa shape index (κ2) is 3.72. The molecule has 1 heterocycles. The van der Waals surface area contributed by atoms with Crippen LogP contribution in [0.25, 0.3) is 10.9 Å². The minimum atomic E-state index is 0.663. The van der Waals surface area contributed by atoms with Crippen LogP contribution in [-0.2, 0) is 6.54 Å². The number of hydrogen-bond acceptors (Lipinski definition) is 2. The van der Waals surface area contributed by atoms with E-state index in [1.54, 1.807) is 0 Å². The van der Waals surface area contributed by atoms with Gasteiger partial charge in [0, 0.05) is 16.6 Å². The average Bonchev–Trinajstić information content (AvgIpc) is 2.57. The van der Waals surface area contributed by atoms with Gasteiger partial charge in [-0.05, 0) is 18.2 Å². The van der Waals surface area contributed by atoms with Crippen LogP contribution in [0, 0.1) is 0 Å². The fourth-order valence-electron chi connectivity index (χ4n) is 1.37. The fraction of sp³-hybridized carbons (Fsp3) is 0.100. The van der Waals surface area contributed by atoms with Gasteiger partial charge in [-0.15, -0.1) is 0 Å². The first-order valence-electron chi connectivity index (χ1n) is 4.27. The Bertz CT molecular complexity index is 473. The van der Waals surface area contributed by atoms with Gasteiger partial charge in [0.05, 0.1) is 18.3 Å². The highest BCUT2D eigenvalue weighted by Crippen LogP contribution is 2.16. The summed E-state index contributed by atoms with van der Waals surface area (Å²) >= 11 is 5.45. The predicted octanol–water partition coefficient (Wildman–Crippen LogP) is 2.37. The number of benzene rings is 1. The van der Waals surface area contributed by atoms with Gasteiger partial charge in [0.25, 0.3) is 0 Å². The molecule has 0 saturated carbocycles. The molecule has 0 aliphatic rings. The number of nitrogens with two attached hydrogens (primary N) is 1. The summed E-state index contributed by atoms with van der Waals surface area (Å²) in [5, 5.41) is 5.31. The number of halogens is 1. The molecule has 2 aromatic rings. The van der Waals surface area contributed by atoms with E-state index in [0.717, 1.165) is 16.6 Å². The molecule has 0 fully saturated rings. The monoisotopic (exact) mass is 207 g/mol. The quantitative estimate of drug-likeness (QED) is 0.769. The molecular formula is C10H10ClN3. The number of allylic oxidation sites excluding steroid dienone is 1. The van der Waals surface area contributed by atoms with Crippen LogP contribution in [-0.4, -0.2) is 9.78 Å². The van der Waals surface area contributed by atoms with E-state index in [1.807, 2.05) is 35.2 Å². The normalized spacial score (nSPS) is 11.5. The van der Waals surface area contributed by atoms with Gasteiger partial charge in [-0.2, -0.15) is 5.10 Å². The smallest absolute Gasteiger partial charge is 0.0706 e. The molecule has 0 spiro atoms. The van der Waals surface area contributed by atoms with E-state index in [0.29, 0.717) is 6.54 Å². The van der Waals surface area contributed by atoms with Crippen molar-refractivity contribution in [2.45, 2.75) is 6.54 Å². The summed E-state index contributed by atoms with van der Waals surface area (Å²) in [6, 6.07) is 5.73. The number of fused-ring (bicyclic) bond motifs is 1. The van der Waals surface area contributed by atoms with Gasteiger partial charge >= 0.3 is 0 Å². The molecule has 2 rings (SSSR count). The number of aromatic nitrogens is 2. The molecule has 0 bridgehead atoms. The van der Waals surface area contributed by atoms with E-state index in [-0.39, 0.29) is 0 Å². The van der Waals surface area contributed by atoms with Crippen molar-refractivity contribution in [3.05, 3.63) is 36.0 Å². The van der Waals surface area contributed by atoms with Crippen molar-refractivity contribution in [3.63, 3.8) is 0 Å². The molecule has 72 valence electrons. The molecule has 0 saturated heterocycles. The minimum Gasteiger partial charge on any atom is -0.399 e. The minimum absolute atomic E-state index is 0.663. The molecule has 14 heavy (non-hydrogen) atoms. The summed E-state index contributed by atoms with van der Waals surface area (Å²) in [6.45, 7) is 0.663. The third kappa shape index (κ3) is 1.59. The van der Waals surface area contributed by atoms with Crippen molar-refractivity contribution in [2.75, 3.05) is 5.73 Å². The van der Waals surface area contributed by atoms with E-state index in [9.17, 15) is 0 Å². The summed E-state index contributed by atoms with van der Waals surface area (Å²) < 4.78 is 1.85. The van der Waals surface area contributed by atoms with Gasteiger partial charge in [0.2, 0.25) is 0 Å². The number of hydrogen-bond donors (Lipinski definition) is 1. The first-order valence-corrected chi connectivity index (χ1v) is 4.71. The lowest BCUT2D eigenvalue weighted by Gasteiger charge is -1.99. The van der Waals surface area contributed by atoms with Gasteiger partial charge in [-0.3, -0.25) is 4.68 Å². The lowest BCUT2D eigenvalue weighted by molar-refractivity contribution is 0.729. The van der Waals surface area contributed by atoms with Gasteiger partial charge in [0.15, 0.2) is 0 Å². The molecule has 4 heteroatoms. The zero-order chi connectivity index (χ0) is 9.97. The van der Waals surface area contributed by atoms with Crippen molar-refractivity contribution in [1.29, 1.82) is 0 Å². The Hall–Kier alpha value is -1.48. The van der Waals surface area contributed by atoms with E-state index < -0.39 is 0 Å². The number of anilines is 1. The maximum Gasteiger partial charge on any atom is 0.0706 e. The second-order valence-electron chi connectivity index (χ2n) is 3.01. The molecule has 0 radical (unpaired) electrons. The Balaban J connectivity index is 2.49. The highest BCUT2D eigenvalue weighted by molar-refractivity contribution is 6.25. The Labute approximate surface area is 86.8 Å². The molecule has 1 aromatic carbocycles. The maximum atomic E-state index is 5.70. The average molecular weight is 208 g/mol. The topological polar surface area (TPSA) is 43.8 Å². The van der Waals surface area contributed by atoms with Crippen LogP contribution in [0.1, 0.15) is 0 Å². The van der Waals surface area contributed by atoms with E-state index in [4.69, 9.17) is 17.3 Å². The molecule has 0 aliphatic heterocycles. The summed E-state index contributed by atoms with van der Waals surface area (Å²) in [4.78, 5) is 0. The lowest BCUT2D eigenvalue weighted by Crippen LogP contribution is -1.97. The fourth-order valence-corrected chi connectivity index (χ4v) is 1.45. The molecule has 0 unspecified atom stereocenters. The van der Waals surface area contributed by atoms with Gasteiger partial charge in [-0.1, -0.05) is 17.7 Å². The Morgan fingerprint density at radius 2 is 2.36 bits per heavy atom. The van der Waals surface area contributed by atoms with Gasteiger partial charge in [-0.25, -0.2) is 0 Å². The van der Waals surface area contributed by atoms with E-state index in [2.05, 4.69) is 5.10 Å². The summed E-state index contributed by atoms with van der Waals surface area (Å²) in [5.74, 6) is 0. The van der Waals surface area contributed by atoms with Crippen molar-refractivity contribution >= 4 is 28.2 Å². The van der Waals surface area contributed by atoms with Crippen LogP contribution >= 0.6 is 11.6 Å². The van der Waals surface area contributed by atoms with Crippen molar-refractivity contribution in [2.24, 2.45) is 0 Å². The first kappa shape index (κ1) is 9.09. The molecule has 0 aliphatic carbocycles. The van der Waals surface area contributed by atoms with E-state index in [1.165, 1.54) is 5.54 Å². The number of nitrogen functional groups attached to an aromatic ring is 1. The molecule has 1 aromatic heterocycles. The summed E-state index contributed by atoms with van der Waals surface area (Å²) in [7, 11) is 0. The Kier molecular flexibility index (Phi) is 2.41. The van der Waals surface area contributed by atoms with Crippen LogP contribution in [0.3, 0.4) is 0 Å². The molecule has 0 amide bonds. The number of rotatable bonds is 2. The third-order valence-electron chi connectivity index (χ3n) is 2.04. The molecular weight excluding hydrogens is 198 g/mol. The van der Waals surface area contributed by atoms with Crippen LogP contribution in [0.4, 0.5) is 5.69 Å². The number of nitrogens with zero attached hydrogens (tertiary/aromatic N) is 2. The Morgan fingerprint density at radius 1 is 1.50 bits per heavy atom. The van der Waals surface area contributed by atoms with Crippen LogP contribution in [0.15, 0.2) is 36.0 Å². The van der Waals surface area contributed by atoms with Crippen LogP contribution < -0.4 is 5.73 Å². The Morgan fingerprint density at radius 3 is 3.14 bits per heavy atom. The maximum absolute atomic E-state index is 5.70. The van der Waals surface area contributed by atoms with Gasteiger partial charge in [0.1, 0.15) is 0 Å². The zero-order valence-corrected chi connectivity index (χ0v) is 8.28. The lowest BCUT2D eigenvalue weighted by atomic mass is 10.2. The third-order valence-corrected chi connectivity index (χ3v) is 2.21. The SMILES string of the molecule is Nc1ccc2cnn(C/C=C/Cl)c2c1. The molecule has 2 N–H and O–H groups in total. The highest BCUT2D eigenvalue weighted by Gasteiger charge is 2.00. The van der Waals surface area contributed by atoms with Crippen molar-refractivity contribution in [1.82, 2.24) is 9.78 Å². The van der Waals surface area contributed by atoms with Gasteiger partial charge < -0.3 is 5.73 Å². The summed E-state index contributed by atoms with van der Waals surface area (Å²) in [5.41, 5.74) is 8.95. The second-order valence-corrected chi connectivity index (χ2v) is 3.26. The zero-order valence-electron chi connectivity index (χ0n) is 7.52. The first-order chi connectivity index (χ1) is 6.81. The van der Waals surface area contributed by atoms with Crippen LogP contribution in [0.2, 0.25) is 0 Å². The van der Waals surface area contributed by atoms with Crippen molar-refractivity contribution in [3.8, 4) is 0 Å². The van der Waals surface area contributed by atoms with Crippen LogP contribution in [0.5, 0.6) is 0 Å².